The van der Waals surface area contributed by atoms with Crippen LogP contribution in [-0.4, -0.2) is 7.11 Å². The first-order chi connectivity index (χ1) is 10.2. The van der Waals surface area contributed by atoms with Crippen molar-refractivity contribution in [1.82, 2.24) is 5.32 Å². The minimum atomic E-state index is 0.285. The number of rotatable bonds is 6. The number of benzene rings is 1. The quantitative estimate of drug-likeness (QED) is 0.822. The van der Waals surface area contributed by atoms with Gasteiger partial charge >= 0.3 is 0 Å². The first-order valence-electron chi connectivity index (χ1n) is 7.63. The number of methoxy groups -OCH3 is 1. The summed E-state index contributed by atoms with van der Waals surface area (Å²) in [4.78, 5) is 1.45. The van der Waals surface area contributed by atoms with E-state index >= 15 is 0 Å². The van der Waals surface area contributed by atoms with Crippen molar-refractivity contribution in [2.45, 2.75) is 38.8 Å². The van der Waals surface area contributed by atoms with Gasteiger partial charge in [-0.3, -0.25) is 0 Å². The summed E-state index contributed by atoms with van der Waals surface area (Å²) >= 11 is 1.86. The molecule has 3 rings (SSSR count). The Morgan fingerprint density at radius 2 is 2.10 bits per heavy atom. The average Bonchev–Trinajstić information content (AvgIpc) is 3.18. The molecule has 2 nitrogen and oxygen atoms in total. The molecule has 3 heteroatoms. The molecule has 1 aliphatic rings. The maximum Gasteiger partial charge on any atom is 0.123 e. The van der Waals surface area contributed by atoms with Gasteiger partial charge in [0.15, 0.2) is 0 Å². The third kappa shape index (κ3) is 3.30. The Morgan fingerprint density at radius 1 is 1.29 bits per heavy atom. The van der Waals surface area contributed by atoms with E-state index in [-0.39, 0.29) is 6.04 Å². The van der Waals surface area contributed by atoms with Gasteiger partial charge in [-0.2, -0.15) is 0 Å². The number of nitrogens with one attached hydrogen (secondary N) is 1. The Labute approximate surface area is 131 Å². The Balaban J connectivity index is 1.81. The van der Waals surface area contributed by atoms with Crippen LogP contribution < -0.4 is 10.1 Å². The average molecular weight is 301 g/mol. The van der Waals surface area contributed by atoms with Crippen LogP contribution in [0.2, 0.25) is 0 Å². The molecular weight excluding hydrogens is 278 g/mol. The lowest BCUT2D eigenvalue weighted by Gasteiger charge is -2.24. The largest absolute Gasteiger partial charge is 0.496 e. The van der Waals surface area contributed by atoms with Crippen LogP contribution >= 0.6 is 11.3 Å². The fourth-order valence-electron chi connectivity index (χ4n) is 2.90. The van der Waals surface area contributed by atoms with Crippen molar-refractivity contribution in [3.63, 3.8) is 0 Å². The number of hydrogen-bond donors (Lipinski definition) is 1. The van der Waals surface area contributed by atoms with Crippen molar-refractivity contribution in [2.75, 3.05) is 7.11 Å². The first kappa shape index (κ1) is 14.6. The van der Waals surface area contributed by atoms with Gasteiger partial charge in [-0.05, 0) is 50.1 Å². The molecular formula is C18H23NOS. The van der Waals surface area contributed by atoms with Crippen LogP contribution in [0.25, 0.3) is 0 Å². The van der Waals surface area contributed by atoms with Gasteiger partial charge < -0.3 is 10.1 Å². The molecule has 1 N–H and O–H groups in total. The Bertz CT molecular complexity index is 589. The maximum absolute atomic E-state index is 5.53. The highest BCUT2D eigenvalue weighted by molar-refractivity contribution is 7.10. The zero-order chi connectivity index (χ0) is 14.8. The van der Waals surface area contributed by atoms with E-state index in [9.17, 15) is 0 Å². The Hall–Kier alpha value is -1.32. The summed E-state index contributed by atoms with van der Waals surface area (Å²) in [7, 11) is 1.75. The molecule has 0 saturated heterocycles. The molecule has 1 fully saturated rings. The molecule has 0 amide bonds. The third-order valence-corrected chi connectivity index (χ3v) is 5.18. The first-order valence-corrected chi connectivity index (χ1v) is 8.51. The highest BCUT2D eigenvalue weighted by Crippen LogP contribution is 2.43. The molecule has 1 heterocycles. The van der Waals surface area contributed by atoms with Crippen LogP contribution in [0.5, 0.6) is 5.75 Å². The fraction of sp³-hybridized carbons (Fsp3) is 0.444. The smallest absolute Gasteiger partial charge is 0.123 e. The summed E-state index contributed by atoms with van der Waals surface area (Å²) in [6, 6.07) is 11.6. The lowest BCUT2D eigenvalue weighted by molar-refractivity contribution is 0.386. The predicted molar refractivity (Wildman–Crippen MR) is 89.1 cm³/mol. The standard InChI is InChI=1S/C18H23NOS/c1-12-6-9-16(20-3)15(11-12)13(2)19-18(14-7-8-14)17-5-4-10-21-17/h4-6,9-11,13-14,18-19H,7-8H2,1-3H3. The molecule has 1 aromatic carbocycles. The zero-order valence-electron chi connectivity index (χ0n) is 12.9. The maximum atomic E-state index is 5.53. The monoisotopic (exact) mass is 301 g/mol. The molecule has 0 aliphatic heterocycles. The molecule has 2 aromatic rings. The van der Waals surface area contributed by atoms with E-state index in [4.69, 9.17) is 4.74 Å². The van der Waals surface area contributed by atoms with E-state index in [2.05, 4.69) is 54.9 Å². The van der Waals surface area contributed by atoms with Crippen LogP contribution in [-0.2, 0) is 0 Å². The van der Waals surface area contributed by atoms with Gasteiger partial charge in [-0.15, -0.1) is 11.3 Å². The minimum absolute atomic E-state index is 0.285. The molecule has 1 aliphatic carbocycles. The van der Waals surface area contributed by atoms with Gasteiger partial charge in [0.05, 0.1) is 7.11 Å². The number of aryl methyl sites for hydroxylation is 1. The molecule has 0 spiro atoms. The normalized spacial score (nSPS) is 17.5. The number of hydrogen-bond acceptors (Lipinski definition) is 3. The van der Waals surface area contributed by atoms with Gasteiger partial charge in [0, 0.05) is 22.5 Å². The highest BCUT2D eigenvalue weighted by Gasteiger charge is 2.34. The van der Waals surface area contributed by atoms with E-state index in [0.717, 1.165) is 11.7 Å². The fourth-order valence-corrected chi connectivity index (χ4v) is 3.78. The second kappa shape index (κ2) is 6.20. The molecule has 21 heavy (non-hydrogen) atoms. The van der Waals surface area contributed by atoms with E-state index in [0.29, 0.717) is 6.04 Å². The Morgan fingerprint density at radius 3 is 2.71 bits per heavy atom. The van der Waals surface area contributed by atoms with E-state index in [1.54, 1.807) is 7.11 Å². The lowest BCUT2D eigenvalue weighted by atomic mass is 10.0. The van der Waals surface area contributed by atoms with Crippen LogP contribution in [0.3, 0.4) is 0 Å². The van der Waals surface area contributed by atoms with Gasteiger partial charge in [0.25, 0.3) is 0 Å². The summed E-state index contributed by atoms with van der Waals surface area (Å²) in [5.74, 6) is 1.77. The second-order valence-corrected chi connectivity index (χ2v) is 6.94. The summed E-state index contributed by atoms with van der Waals surface area (Å²) in [6.45, 7) is 4.37. The number of thiophene rings is 1. The van der Waals surface area contributed by atoms with Crippen molar-refractivity contribution in [3.8, 4) is 5.75 Å². The van der Waals surface area contributed by atoms with E-state index in [1.165, 1.54) is 28.8 Å². The van der Waals surface area contributed by atoms with Crippen LogP contribution in [0.1, 0.15) is 47.9 Å². The van der Waals surface area contributed by atoms with Crippen LogP contribution in [0.15, 0.2) is 35.7 Å². The van der Waals surface area contributed by atoms with Gasteiger partial charge in [-0.1, -0.05) is 23.8 Å². The zero-order valence-corrected chi connectivity index (χ0v) is 13.7. The molecule has 0 bridgehead atoms. The number of ether oxygens (including phenoxy) is 1. The third-order valence-electron chi connectivity index (χ3n) is 4.22. The topological polar surface area (TPSA) is 21.3 Å². The van der Waals surface area contributed by atoms with Gasteiger partial charge in [-0.25, -0.2) is 0 Å². The molecule has 2 unspecified atom stereocenters. The van der Waals surface area contributed by atoms with Gasteiger partial charge in [0.1, 0.15) is 5.75 Å². The molecule has 1 saturated carbocycles. The van der Waals surface area contributed by atoms with Gasteiger partial charge in [0.2, 0.25) is 0 Å². The molecule has 112 valence electrons. The molecule has 2 atom stereocenters. The van der Waals surface area contributed by atoms with Crippen molar-refractivity contribution in [2.24, 2.45) is 5.92 Å². The summed E-state index contributed by atoms with van der Waals surface area (Å²) < 4.78 is 5.53. The SMILES string of the molecule is COc1ccc(C)cc1C(C)NC(c1cccs1)C1CC1. The van der Waals surface area contributed by atoms with Crippen molar-refractivity contribution >= 4 is 11.3 Å². The lowest BCUT2D eigenvalue weighted by Crippen LogP contribution is -2.26. The summed E-state index contributed by atoms with van der Waals surface area (Å²) in [5.41, 5.74) is 2.53. The van der Waals surface area contributed by atoms with Crippen molar-refractivity contribution < 1.29 is 4.74 Å². The summed E-state index contributed by atoms with van der Waals surface area (Å²) in [5, 5.41) is 6.00. The van der Waals surface area contributed by atoms with E-state index in [1.807, 2.05) is 11.3 Å². The minimum Gasteiger partial charge on any atom is -0.496 e. The van der Waals surface area contributed by atoms with Crippen molar-refractivity contribution in [1.29, 1.82) is 0 Å². The summed E-state index contributed by atoms with van der Waals surface area (Å²) in [6.07, 6.45) is 2.68. The highest BCUT2D eigenvalue weighted by atomic mass is 32.1. The Kier molecular flexibility index (Phi) is 4.32. The molecule has 1 aromatic heterocycles. The predicted octanol–water partition coefficient (Wildman–Crippen LogP) is 4.87. The van der Waals surface area contributed by atoms with E-state index < -0.39 is 0 Å². The second-order valence-electron chi connectivity index (χ2n) is 5.96. The van der Waals surface area contributed by atoms with Crippen LogP contribution in [0, 0.1) is 12.8 Å². The van der Waals surface area contributed by atoms with Crippen molar-refractivity contribution in [3.05, 3.63) is 51.7 Å². The molecule has 0 radical (unpaired) electrons. The van der Waals surface area contributed by atoms with Crippen LogP contribution in [0.4, 0.5) is 0 Å².